The molecule has 1 N–H and O–H groups in total. The number of fused-ring (bicyclic) bond motifs is 3. The number of rotatable bonds is 2. The summed E-state index contributed by atoms with van der Waals surface area (Å²) in [5.41, 5.74) is 5.38. The van der Waals surface area contributed by atoms with Crippen molar-refractivity contribution in [2.45, 2.75) is 25.3 Å². The van der Waals surface area contributed by atoms with E-state index in [-0.39, 0.29) is 11.7 Å². The van der Waals surface area contributed by atoms with Gasteiger partial charge >= 0.3 is 5.69 Å². The molecular formula is C23H17N7O. The Morgan fingerprint density at radius 1 is 1.16 bits per heavy atom. The third-order valence-corrected chi connectivity index (χ3v) is 5.94. The number of nitrogens with zero attached hydrogens (tertiary/aromatic N) is 6. The van der Waals surface area contributed by atoms with E-state index in [0.29, 0.717) is 22.7 Å². The van der Waals surface area contributed by atoms with Gasteiger partial charge in [0.05, 0.1) is 29.2 Å². The Hall–Kier alpha value is -4.25. The molecule has 1 unspecified atom stereocenters. The zero-order valence-corrected chi connectivity index (χ0v) is 16.5. The summed E-state index contributed by atoms with van der Waals surface area (Å²) in [6, 6.07) is 13.0. The van der Waals surface area contributed by atoms with Crippen LogP contribution in [0, 0.1) is 6.57 Å². The highest BCUT2D eigenvalue weighted by Crippen LogP contribution is 2.32. The van der Waals surface area contributed by atoms with Crippen molar-refractivity contribution in [2.75, 3.05) is 0 Å². The molecule has 0 bridgehead atoms. The molecular weight excluding hydrogens is 390 g/mol. The first-order valence-electron chi connectivity index (χ1n) is 10.1. The van der Waals surface area contributed by atoms with E-state index in [0.717, 1.165) is 41.6 Å². The van der Waals surface area contributed by atoms with Gasteiger partial charge in [0.25, 0.3) is 0 Å². The number of H-pyrrole nitrogens is 1. The van der Waals surface area contributed by atoms with Crippen LogP contribution in [0.5, 0.6) is 0 Å². The lowest BCUT2D eigenvalue weighted by Gasteiger charge is -2.25. The topological polar surface area (TPSA) is 85.8 Å². The summed E-state index contributed by atoms with van der Waals surface area (Å²) in [5, 5.41) is 0. The fourth-order valence-corrected chi connectivity index (χ4v) is 4.51. The lowest BCUT2D eigenvalue weighted by Crippen LogP contribution is -2.27. The van der Waals surface area contributed by atoms with Gasteiger partial charge in [-0.3, -0.25) is 14.1 Å². The Bertz CT molecular complexity index is 1570. The van der Waals surface area contributed by atoms with E-state index >= 15 is 0 Å². The number of imidazole rings is 2. The van der Waals surface area contributed by atoms with Gasteiger partial charge in [0, 0.05) is 11.9 Å². The summed E-state index contributed by atoms with van der Waals surface area (Å²) in [4.78, 5) is 33.2. The molecule has 1 aromatic carbocycles. The van der Waals surface area contributed by atoms with Crippen molar-refractivity contribution in [3.8, 4) is 5.82 Å². The van der Waals surface area contributed by atoms with Crippen molar-refractivity contribution in [1.29, 1.82) is 0 Å². The second kappa shape index (κ2) is 6.64. The third kappa shape index (κ3) is 2.67. The molecule has 8 heteroatoms. The normalized spacial score (nSPS) is 15.8. The van der Waals surface area contributed by atoms with Crippen LogP contribution in [0.25, 0.3) is 32.9 Å². The van der Waals surface area contributed by atoms with E-state index in [1.807, 2.05) is 28.8 Å². The predicted molar refractivity (Wildman–Crippen MR) is 117 cm³/mol. The highest BCUT2D eigenvalue weighted by atomic mass is 16.1. The highest BCUT2D eigenvalue weighted by molar-refractivity contribution is 5.82. The van der Waals surface area contributed by atoms with Crippen molar-refractivity contribution in [3.63, 3.8) is 0 Å². The van der Waals surface area contributed by atoms with Gasteiger partial charge in [-0.1, -0.05) is 12.1 Å². The molecule has 0 fully saturated rings. The average Bonchev–Trinajstić information content (AvgIpc) is 3.37. The molecule has 8 nitrogen and oxygen atoms in total. The van der Waals surface area contributed by atoms with Crippen LogP contribution in [0.1, 0.15) is 30.1 Å². The number of nitrogens with one attached hydrogen (secondary N) is 1. The Kier molecular flexibility index (Phi) is 3.77. The number of aromatic nitrogens is 6. The highest BCUT2D eigenvalue weighted by Gasteiger charge is 2.26. The van der Waals surface area contributed by atoms with E-state index in [1.165, 1.54) is 0 Å². The lowest BCUT2D eigenvalue weighted by atomic mass is 9.91. The lowest BCUT2D eigenvalue weighted by molar-refractivity contribution is 0.481. The van der Waals surface area contributed by atoms with Crippen LogP contribution in [0.4, 0.5) is 5.69 Å². The van der Waals surface area contributed by atoms with E-state index in [1.54, 1.807) is 29.2 Å². The minimum absolute atomic E-state index is 0.102. The van der Waals surface area contributed by atoms with E-state index in [2.05, 4.69) is 25.9 Å². The molecule has 0 spiro atoms. The van der Waals surface area contributed by atoms with Crippen molar-refractivity contribution >= 4 is 27.9 Å². The number of aromatic amines is 1. The molecule has 0 aliphatic heterocycles. The molecule has 1 atom stereocenters. The monoisotopic (exact) mass is 407 g/mol. The summed E-state index contributed by atoms with van der Waals surface area (Å²) in [7, 11) is 0. The molecule has 4 heterocycles. The first kappa shape index (κ1) is 17.6. The summed E-state index contributed by atoms with van der Waals surface area (Å²) in [6.45, 7) is 7.29. The molecule has 0 radical (unpaired) electrons. The molecule has 150 valence electrons. The average molecular weight is 407 g/mol. The zero-order chi connectivity index (χ0) is 20.9. The second-order valence-electron chi connectivity index (χ2n) is 7.69. The molecule has 5 aromatic rings. The van der Waals surface area contributed by atoms with Gasteiger partial charge in [0.2, 0.25) is 0 Å². The maximum atomic E-state index is 12.9. The Balaban J connectivity index is 1.56. The number of benzene rings is 1. The number of aryl methyl sites for hydroxylation is 1. The van der Waals surface area contributed by atoms with Crippen LogP contribution < -0.4 is 5.69 Å². The Morgan fingerprint density at radius 3 is 3.00 bits per heavy atom. The minimum atomic E-state index is -0.174. The predicted octanol–water partition coefficient (Wildman–Crippen LogP) is 3.93. The van der Waals surface area contributed by atoms with Gasteiger partial charge in [-0.05, 0) is 55.2 Å². The largest absolute Gasteiger partial charge is 0.328 e. The molecule has 31 heavy (non-hydrogen) atoms. The number of hydrogen-bond donors (Lipinski definition) is 1. The molecule has 1 aliphatic rings. The summed E-state index contributed by atoms with van der Waals surface area (Å²) in [6.07, 6.45) is 6.25. The molecule has 0 saturated carbocycles. The van der Waals surface area contributed by atoms with Crippen LogP contribution >= 0.6 is 0 Å². The SMILES string of the molecule is [C-]#[N+]c1ccc2ncn(-c3ccc4[nH]c(=O)n(C5CCCc6ncccc65)c4n3)c2c1. The van der Waals surface area contributed by atoms with E-state index in [9.17, 15) is 4.79 Å². The fourth-order valence-electron chi connectivity index (χ4n) is 4.51. The first-order valence-corrected chi connectivity index (χ1v) is 10.1. The quantitative estimate of drug-likeness (QED) is 0.449. The fraction of sp³-hybridized carbons (Fsp3) is 0.174. The molecule has 6 rings (SSSR count). The second-order valence-corrected chi connectivity index (χ2v) is 7.69. The summed E-state index contributed by atoms with van der Waals surface area (Å²) < 4.78 is 3.60. The molecule has 0 amide bonds. The van der Waals surface area contributed by atoms with Crippen molar-refractivity contribution in [1.82, 2.24) is 29.1 Å². The van der Waals surface area contributed by atoms with Gasteiger partial charge in [-0.2, -0.15) is 0 Å². The van der Waals surface area contributed by atoms with E-state index in [4.69, 9.17) is 11.6 Å². The van der Waals surface area contributed by atoms with Crippen LogP contribution in [-0.4, -0.2) is 29.1 Å². The maximum Gasteiger partial charge on any atom is 0.328 e. The van der Waals surface area contributed by atoms with E-state index < -0.39 is 0 Å². The first-order chi connectivity index (χ1) is 15.2. The summed E-state index contributed by atoms with van der Waals surface area (Å²) >= 11 is 0. The minimum Gasteiger partial charge on any atom is -0.304 e. The zero-order valence-electron chi connectivity index (χ0n) is 16.5. The van der Waals surface area contributed by atoms with Crippen molar-refractivity contribution in [3.05, 3.63) is 88.1 Å². The maximum absolute atomic E-state index is 12.9. The molecule has 1 aliphatic carbocycles. The van der Waals surface area contributed by atoms with Crippen LogP contribution in [0.3, 0.4) is 0 Å². The van der Waals surface area contributed by atoms with Crippen LogP contribution in [0.15, 0.2) is 59.8 Å². The third-order valence-electron chi connectivity index (χ3n) is 5.94. The van der Waals surface area contributed by atoms with Crippen molar-refractivity contribution in [2.24, 2.45) is 0 Å². The number of hydrogen-bond acceptors (Lipinski definition) is 4. The molecule has 0 saturated heterocycles. The van der Waals surface area contributed by atoms with Gasteiger partial charge in [-0.25, -0.2) is 19.6 Å². The number of pyridine rings is 2. The van der Waals surface area contributed by atoms with Gasteiger partial charge in [0.1, 0.15) is 12.1 Å². The van der Waals surface area contributed by atoms with Gasteiger partial charge < -0.3 is 4.98 Å². The van der Waals surface area contributed by atoms with Crippen LogP contribution in [-0.2, 0) is 6.42 Å². The summed E-state index contributed by atoms with van der Waals surface area (Å²) in [5.74, 6) is 0.645. The standard InChI is InChI=1S/C23H17N7O/c1-24-14-7-8-17-20(12-14)29(13-26-17)21-10-9-18-22(28-21)30(23(31)27-18)19-6-2-5-16-15(19)4-3-11-25-16/h3-4,7-13,19H,2,5-6H2,(H,27,31). The molecule has 4 aromatic heterocycles. The van der Waals surface area contributed by atoms with Crippen molar-refractivity contribution < 1.29 is 0 Å². The Morgan fingerprint density at radius 2 is 2.10 bits per heavy atom. The van der Waals surface area contributed by atoms with Crippen LogP contribution in [0.2, 0.25) is 0 Å². The smallest absolute Gasteiger partial charge is 0.304 e. The van der Waals surface area contributed by atoms with Gasteiger partial charge in [0.15, 0.2) is 11.3 Å². The van der Waals surface area contributed by atoms with Gasteiger partial charge in [-0.15, -0.1) is 0 Å². The Labute approximate surface area is 176 Å².